The van der Waals surface area contributed by atoms with Crippen molar-refractivity contribution >= 4 is 17.7 Å². The zero-order valence-electron chi connectivity index (χ0n) is 18.2. The van der Waals surface area contributed by atoms with E-state index in [1.807, 2.05) is 20.2 Å². The number of nitrogens with zero attached hydrogens (tertiary/aromatic N) is 2. The molecule has 9 heteroatoms. The van der Waals surface area contributed by atoms with Gasteiger partial charge in [0.1, 0.15) is 18.4 Å². The minimum absolute atomic E-state index is 0.0641. The molecule has 31 heavy (non-hydrogen) atoms. The van der Waals surface area contributed by atoms with Gasteiger partial charge >= 0.3 is 0 Å². The number of unbranched alkanes of at least 4 members (excludes halogenated alkanes) is 1. The van der Waals surface area contributed by atoms with Crippen molar-refractivity contribution in [3.8, 4) is 5.75 Å². The highest BCUT2D eigenvalue weighted by molar-refractivity contribution is 5.97. The standard InChI is InChI=1S/C22H32N4O5/c1-25(2)9-4-3-8-23-21(29)17-13-18-22(30)24-14-19(28)26(18)20(17)15-6-5-7-16(12-15)31-11-10-27/h5-7,12,17-18,20,27H,3-4,8-11,13-14H2,1-2H3,(H,23,29)(H,24,30)/t17-,18-,20-/m0/s1. The molecule has 3 N–H and O–H groups in total. The van der Waals surface area contributed by atoms with E-state index in [9.17, 15) is 14.4 Å². The highest BCUT2D eigenvalue weighted by atomic mass is 16.5. The third kappa shape index (κ3) is 5.54. The van der Waals surface area contributed by atoms with Crippen LogP contribution in [-0.4, -0.2) is 85.6 Å². The van der Waals surface area contributed by atoms with Crippen LogP contribution in [0.1, 0.15) is 30.9 Å². The fourth-order valence-electron chi connectivity index (χ4n) is 4.30. The van der Waals surface area contributed by atoms with Crippen molar-refractivity contribution in [1.82, 2.24) is 20.4 Å². The normalized spacial score (nSPS) is 23.0. The number of carbonyl (C=O) groups is 3. The van der Waals surface area contributed by atoms with E-state index in [-0.39, 0.29) is 43.9 Å². The lowest BCUT2D eigenvalue weighted by Crippen LogP contribution is -2.56. The van der Waals surface area contributed by atoms with Crippen LogP contribution >= 0.6 is 0 Å². The molecule has 0 aromatic heterocycles. The summed E-state index contributed by atoms with van der Waals surface area (Å²) >= 11 is 0. The van der Waals surface area contributed by atoms with Crippen LogP contribution in [0.3, 0.4) is 0 Å². The number of hydrogen-bond acceptors (Lipinski definition) is 6. The Labute approximate surface area is 182 Å². The Bertz CT molecular complexity index is 800. The molecule has 9 nitrogen and oxygen atoms in total. The van der Waals surface area contributed by atoms with E-state index < -0.39 is 18.0 Å². The van der Waals surface area contributed by atoms with Gasteiger partial charge in [-0.05, 0) is 57.6 Å². The van der Waals surface area contributed by atoms with Crippen LogP contribution in [0.25, 0.3) is 0 Å². The number of amides is 3. The van der Waals surface area contributed by atoms with Gasteiger partial charge in [-0.25, -0.2) is 0 Å². The largest absolute Gasteiger partial charge is 0.491 e. The lowest BCUT2D eigenvalue weighted by Gasteiger charge is -2.34. The molecule has 0 aliphatic carbocycles. The van der Waals surface area contributed by atoms with Crippen molar-refractivity contribution in [2.24, 2.45) is 5.92 Å². The van der Waals surface area contributed by atoms with Crippen LogP contribution in [0.15, 0.2) is 24.3 Å². The van der Waals surface area contributed by atoms with Crippen molar-refractivity contribution in [1.29, 1.82) is 0 Å². The van der Waals surface area contributed by atoms with Gasteiger partial charge in [0, 0.05) is 6.54 Å². The predicted molar refractivity (Wildman–Crippen MR) is 114 cm³/mol. The molecule has 3 amide bonds. The number of piperazine rings is 1. The van der Waals surface area contributed by atoms with Gasteiger partial charge < -0.3 is 30.3 Å². The number of ether oxygens (including phenoxy) is 1. The Balaban J connectivity index is 1.79. The topological polar surface area (TPSA) is 111 Å². The van der Waals surface area contributed by atoms with E-state index in [0.717, 1.165) is 24.9 Å². The van der Waals surface area contributed by atoms with Crippen molar-refractivity contribution < 1.29 is 24.2 Å². The second-order valence-corrected chi connectivity index (χ2v) is 8.27. The van der Waals surface area contributed by atoms with Gasteiger partial charge in [-0.3, -0.25) is 14.4 Å². The van der Waals surface area contributed by atoms with Crippen molar-refractivity contribution in [2.45, 2.75) is 31.3 Å². The SMILES string of the molecule is CN(C)CCCCNC(=O)[C@H]1C[C@H]2C(=O)NCC(=O)N2[C@H]1c1cccc(OCCO)c1. The minimum Gasteiger partial charge on any atom is -0.491 e. The van der Waals surface area contributed by atoms with Crippen molar-refractivity contribution in [3.05, 3.63) is 29.8 Å². The van der Waals surface area contributed by atoms with E-state index in [1.165, 1.54) is 0 Å². The van der Waals surface area contributed by atoms with Crippen LogP contribution in [0.4, 0.5) is 0 Å². The highest BCUT2D eigenvalue weighted by Crippen LogP contribution is 2.43. The van der Waals surface area contributed by atoms with Gasteiger partial charge in [-0.1, -0.05) is 12.1 Å². The first kappa shape index (κ1) is 23.0. The molecule has 0 radical (unpaired) electrons. The molecule has 2 aliphatic heterocycles. The maximum atomic E-state index is 13.1. The predicted octanol–water partition coefficient (Wildman–Crippen LogP) is -0.0963. The smallest absolute Gasteiger partial charge is 0.243 e. The zero-order chi connectivity index (χ0) is 22.4. The average molecular weight is 433 g/mol. The molecule has 2 heterocycles. The molecular weight excluding hydrogens is 400 g/mol. The van der Waals surface area contributed by atoms with Gasteiger partial charge in [0.05, 0.1) is 25.1 Å². The number of nitrogens with one attached hydrogen (secondary N) is 2. The monoisotopic (exact) mass is 432 g/mol. The molecule has 0 saturated carbocycles. The Hall–Kier alpha value is -2.65. The summed E-state index contributed by atoms with van der Waals surface area (Å²) in [6.07, 6.45) is 2.12. The molecule has 1 aromatic carbocycles. The van der Waals surface area contributed by atoms with Crippen LogP contribution in [-0.2, 0) is 14.4 Å². The highest BCUT2D eigenvalue weighted by Gasteiger charge is 2.52. The summed E-state index contributed by atoms with van der Waals surface area (Å²) < 4.78 is 5.51. The molecular formula is C22H32N4O5. The Kier molecular flexibility index (Phi) is 7.86. The van der Waals surface area contributed by atoms with Crippen molar-refractivity contribution in [3.63, 3.8) is 0 Å². The summed E-state index contributed by atoms with van der Waals surface area (Å²) in [5.74, 6) is -0.547. The number of hydrogen-bond donors (Lipinski definition) is 3. The van der Waals surface area contributed by atoms with Crippen LogP contribution < -0.4 is 15.4 Å². The second-order valence-electron chi connectivity index (χ2n) is 8.27. The van der Waals surface area contributed by atoms with E-state index in [1.54, 1.807) is 23.1 Å². The maximum absolute atomic E-state index is 13.1. The number of fused-ring (bicyclic) bond motifs is 1. The molecule has 2 aliphatic rings. The molecule has 3 rings (SSSR count). The molecule has 0 unspecified atom stereocenters. The first-order valence-corrected chi connectivity index (χ1v) is 10.8. The van der Waals surface area contributed by atoms with Gasteiger partial charge in [0.2, 0.25) is 17.7 Å². The summed E-state index contributed by atoms with van der Waals surface area (Å²) in [6.45, 7) is 1.48. The van der Waals surface area contributed by atoms with Gasteiger partial charge in [-0.2, -0.15) is 0 Å². The fourth-order valence-corrected chi connectivity index (χ4v) is 4.30. The molecule has 3 atom stereocenters. The summed E-state index contributed by atoms with van der Waals surface area (Å²) in [5.41, 5.74) is 0.744. The number of aliphatic hydroxyl groups is 1. The average Bonchev–Trinajstić information content (AvgIpc) is 3.16. The minimum atomic E-state index is -0.655. The number of aliphatic hydroxyl groups excluding tert-OH is 1. The molecule has 1 aromatic rings. The molecule has 0 bridgehead atoms. The molecule has 170 valence electrons. The summed E-state index contributed by atoms with van der Waals surface area (Å²) in [4.78, 5) is 41.9. The third-order valence-corrected chi connectivity index (χ3v) is 5.73. The van der Waals surface area contributed by atoms with Gasteiger partial charge in [0.15, 0.2) is 0 Å². The number of carbonyl (C=O) groups excluding carboxylic acids is 3. The second kappa shape index (κ2) is 10.6. The molecule has 2 saturated heterocycles. The summed E-state index contributed by atoms with van der Waals surface area (Å²) in [5, 5.41) is 14.6. The van der Waals surface area contributed by atoms with Crippen LogP contribution in [0.2, 0.25) is 0 Å². The van der Waals surface area contributed by atoms with E-state index >= 15 is 0 Å². The van der Waals surface area contributed by atoms with E-state index in [2.05, 4.69) is 15.5 Å². The fraction of sp³-hybridized carbons (Fsp3) is 0.591. The van der Waals surface area contributed by atoms with Crippen LogP contribution in [0.5, 0.6) is 5.75 Å². The maximum Gasteiger partial charge on any atom is 0.243 e. The Morgan fingerprint density at radius 1 is 1.32 bits per heavy atom. The lowest BCUT2D eigenvalue weighted by atomic mass is 9.92. The molecule has 2 fully saturated rings. The van der Waals surface area contributed by atoms with E-state index in [4.69, 9.17) is 9.84 Å². The van der Waals surface area contributed by atoms with Gasteiger partial charge in [-0.15, -0.1) is 0 Å². The van der Waals surface area contributed by atoms with Crippen molar-refractivity contribution in [2.75, 3.05) is 46.9 Å². The number of benzene rings is 1. The first-order chi connectivity index (χ1) is 14.9. The number of rotatable bonds is 10. The lowest BCUT2D eigenvalue weighted by molar-refractivity contribution is -0.145. The van der Waals surface area contributed by atoms with Crippen LogP contribution in [0, 0.1) is 5.92 Å². The Morgan fingerprint density at radius 2 is 2.13 bits per heavy atom. The third-order valence-electron chi connectivity index (χ3n) is 5.73. The summed E-state index contributed by atoms with van der Waals surface area (Å²) in [6, 6.07) is 5.98. The quantitative estimate of drug-likeness (QED) is 0.446. The first-order valence-electron chi connectivity index (χ1n) is 10.8. The molecule has 0 spiro atoms. The Morgan fingerprint density at radius 3 is 2.87 bits per heavy atom. The zero-order valence-corrected chi connectivity index (χ0v) is 18.2. The van der Waals surface area contributed by atoms with Gasteiger partial charge in [0.25, 0.3) is 0 Å². The summed E-state index contributed by atoms with van der Waals surface area (Å²) in [7, 11) is 4.02. The van der Waals surface area contributed by atoms with E-state index in [0.29, 0.717) is 12.3 Å².